The Hall–Kier alpha value is -3.27. The predicted molar refractivity (Wildman–Crippen MR) is 145 cm³/mol. The Kier molecular flexibility index (Phi) is 8.91. The highest BCUT2D eigenvalue weighted by molar-refractivity contribution is 7.99. The van der Waals surface area contributed by atoms with Crippen LogP contribution in [0.4, 0.5) is 24.5 Å². The van der Waals surface area contributed by atoms with E-state index in [1.807, 2.05) is 30.3 Å². The second kappa shape index (κ2) is 12.3. The third-order valence-electron chi connectivity index (χ3n) is 6.29. The number of fused-ring (bicyclic) bond motifs is 1. The van der Waals surface area contributed by atoms with Crippen molar-refractivity contribution >= 4 is 34.0 Å². The smallest absolute Gasteiger partial charge is 0.382 e. The molecule has 4 rings (SSSR count). The number of aromatic nitrogens is 1. The summed E-state index contributed by atoms with van der Waals surface area (Å²) < 4.78 is 41.7. The molecule has 2 heterocycles. The molecule has 37 heavy (non-hydrogen) atoms. The number of halogens is 3. The molecule has 0 radical (unpaired) electrons. The van der Waals surface area contributed by atoms with E-state index in [9.17, 15) is 13.2 Å². The number of nitriles is 1. The number of rotatable bonds is 8. The molecule has 0 amide bonds. The molecule has 1 aliphatic rings. The fourth-order valence-electron chi connectivity index (χ4n) is 4.54. The molecule has 0 aliphatic carbocycles. The van der Waals surface area contributed by atoms with Gasteiger partial charge in [0.25, 0.3) is 0 Å². The zero-order valence-corrected chi connectivity index (χ0v) is 21.6. The molecule has 2 aromatic carbocycles. The summed E-state index contributed by atoms with van der Waals surface area (Å²) in [5.41, 5.74) is 2.56. The molecule has 194 valence electrons. The third kappa shape index (κ3) is 7.38. The molecule has 0 bridgehead atoms. The molecule has 0 unspecified atom stereocenters. The highest BCUT2D eigenvalue weighted by Gasteiger charge is 2.30. The van der Waals surface area contributed by atoms with Gasteiger partial charge < -0.3 is 15.2 Å². The van der Waals surface area contributed by atoms with Crippen LogP contribution in [0.5, 0.6) is 0 Å². The second-order valence-corrected chi connectivity index (χ2v) is 10.3. The monoisotopic (exact) mass is 525 g/mol. The van der Waals surface area contributed by atoms with Gasteiger partial charge in [0, 0.05) is 40.8 Å². The quantitative estimate of drug-likeness (QED) is 0.209. The number of thioether (sulfide) groups is 1. The summed E-state index contributed by atoms with van der Waals surface area (Å²) in [6, 6.07) is 17.5. The van der Waals surface area contributed by atoms with E-state index >= 15 is 0 Å². The molecule has 1 aliphatic heterocycles. The lowest BCUT2D eigenvalue weighted by Crippen LogP contribution is -2.39. The van der Waals surface area contributed by atoms with Crippen molar-refractivity contribution in [3.8, 4) is 17.9 Å². The van der Waals surface area contributed by atoms with E-state index in [-0.39, 0.29) is 6.04 Å². The van der Waals surface area contributed by atoms with Gasteiger partial charge in [0.1, 0.15) is 6.54 Å². The second-order valence-electron chi connectivity index (χ2n) is 8.93. The van der Waals surface area contributed by atoms with Crippen LogP contribution in [-0.4, -0.2) is 53.6 Å². The van der Waals surface area contributed by atoms with Crippen LogP contribution in [0.15, 0.2) is 53.4 Å². The Morgan fingerprint density at radius 1 is 1.11 bits per heavy atom. The number of hydrogen-bond acceptors (Lipinski definition) is 5. The molecule has 2 N–H and O–H groups in total. The zero-order valence-electron chi connectivity index (χ0n) is 20.7. The average molecular weight is 526 g/mol. The highest BCUT2D eigenvalue weighted by atomic mass is 32.2. The Labute approximate surface area is 220 Å². The summed E-state index contributed by atoms with van der Waals surface area (Å²) in [5.74, 6) is 6.95. The van der Waals surface area contributed by atoms with Crippen molar-refractivity contribution < 1.29 is 13.2 Å². The minimum absolute atomic E-state index is 0.201. The standard InChI is InChI=1S/C28H30F3N5S/c1-2-37-24-10-8-21(9-11-24)33-15-4-5-23-19-25-26(34-22-12-16-35(17-13-22)18-14-32)6-3-7-27(25)36(23)20-28(29,30)31/h3,6-11,19,22,33-34H,2,12-13,15-18,20H2,1H3. The van der Waals surface area contributed by atoms with E-state index < -0.39 is 12.7 Å². The lowest BCUT2D eigenvalue weighted by Gasteiger charge is -2.31. The first-order valence-corrected chi connectivity index (χ1v) is 13.4. The topological polar surface area (TPSA) is 56.0 Å². The van der Waals surface area contributed by atoms with Crippen LogP contribution in [0.3, 0.4) is 0 Å². The first-order valence-electron chi connectivity index (χ1n) is 12.4. The minimum Gasteiger partial charge on any atom is -0.382 e. The highest BCUT2D eigenvalue weighted by Crippen LogP contribution is 2.31. The van der Waals surface area contributed by atoms with E-state index in [0.29, 0.717) is 24.3 Å². The van der Waals surface area contributed by atoms with Gasteiger partial charge in [-0.05, 0) is 67.0 Å². The van der Waals surface area contributed by atoms with E-state index in [4.69, 9.17) is 5.26 Å². The minimum atomic E-state index is -4.37. The molecule has 1 saturated heterocycles. The number of anilines is 2. The van der Waals surface area contributed by atoms with E-state index in [1.54, 1.807) is 30.0 Å². The van der Waals surface area contributed by atoms with E-state index in [1.165, 1.54) is 9.46 Å². The molecule has 0 spiro atoms. The van der Waals surface area contributed by atoms with Crippen molar-refractivity contribution in [3.05, 3.63) is 54.2 Å². The Morgan fingerprint density at radius 3 is 2.54 bits per heavy atom. The molecular formula is C28H30F3N5S. The Morgan fingerprint density at radius 2 is 1.86 bits per heavy atom. The maximum absolute atomic E-state index is 13.5. The maximum atomic E-state index is 13.5. The first-order chi connectivity index (χ1) is 17.9. The fraction of sp³-hybridized carbons (Fsp3) is 0.393. The molecule has 1 fully saturated rings. The van der Waals surface area contributed by atoms with Crippen LogP contribution in [0.25, 0.3) is 10.9 Å². The number of likely N-dealkylation sites (tertiary alicyclic amines) is 1. The van der Waals surface area contributed by atoms with Crippen LogP contribution in [0, 0.1) is 23.2 Å². The van der Waals surface area contributed by atoms with Gasteiger partial charge in [0.2, 0.25) is 0 Å². The predicted octanol–water partition coefficient (Wildman–Crippen LogP) is 6.18. The van der Waals surface area contributed by atoms with Crippen molar-refractivity contribution in [2.45, 2.75) is 43.4 Å². The molecule has 0 atom stereocenters. The summed E-state index contributed by atoms with van der Waals surface area (Å²) >= 11 is 1.76. The number of nitrogens with zero attached hydrogens (tertiary/aromatic N) is 3. The van der Waals surface area contributed by atoms with Crippen molar-refractivity contribution in [1.29, 1.82) is 5.26 Å². The number of hydrogen-bond donors (Lipinski definition) is 2. The van der Waals surface area contributed by atoms with Crippen LogP contribution in [0.2, 0.25) is 0 Å². The van der Waals surface area contributed by atoms with Crippen molar-refractivity contribution in [2.75, 3.05) is 42.6 Å². The van der Waals surface area contributed by atoms with Gasteiger partial charge in [0.15, 0.2) is 0 Å². The number of piperidine rings is 1. The molecule has 3 aromatic rings. The number of nitrogens with one attached hydrogen (secondary N) is 2. The number of benzene rings is 2. The van der Waals surface area contributed by atoms with Crippen LogP contribution in [-0.2, 0) is 6.54 Å². The molecule has 9 heteroatoms. The van der Waals surface area contributed by atoms with Gasteiger partial charge in [-0.3, -0.25) is 4.90 Å². The van der Waals surface area contributed by atoms with Crippen molar-refractivity contribution in [3.63, 3.8) is 0 Å². The summed E-state index contributed by atoms with van der Waals surface area (Å²) in [7, 11) is 0. The molecule has 0 saturated carbocycles. The van der Waals surface area contributed by atoms with Crippen LogP contribution in [0.1, 0.15) is 25.5 Å². The van der Waals surface area contributed by atoms with Gasteiger partial charge in [-0.1, -0.05) is 18.9 Å². The largest absolute Gasteiger partial charge is 0.406 e. The Bertz CT molecular complexity index is 1290. The summed E-state index contributed by atoms with van der Waals surface area (Å²) in [6.45, 7) is 3.38. The van der Waals surface area contributed by atoms with Gasteiger partial charge in [-0.25, -0.2) is 0 Å². The first kappa shape index (κ1) is 26.8. The summed E-state index contributed by atoms with van der Waals surface area (Å²) in [6.07, 6.45) is -2.62. The number of alkyl halides is 3. The SMILES string of the molecule is CCSc1ccc(NCC#Cc2cc3c(NC4CCN(CC#N)CC4)cccc3n2CC(F)(F)F)cc1. The van der Waals surface area contributed by atoms with Gasteiger partial charge >= 0.3 is 6.18 Å². The maximum Gasteiger partial charge on any atom is 0.406 e. The van der Waals surface area contributed by atoms with Gasteiger partial charge in [0.05, 0.1) is 30.4 Å². The molecule has 5 nitrogen and oxygen atoms in total. The normalized spacial score (nSPS) is 14.7. The average Bonchev–Trinajstić information content (AvgIpc) is 3.21. The lowest BCUT2D eigenvalue weighted by atomic mass is 10.0. The van der Waals surface area contributed by atoms with Crippen molar-refractivity contribution in [2.24, 2.45) is 0 Å². The Balaban J connectivity index is 1.52. The lowest BCUT2D eigenvalue weighted by molar-refractivity contribution is -0.140. The molecular weight excluding hydrogens is 495 g/mol. The summed E-state index contributed by atoms with van der Waals surface area (Å²) in [4.78, 5) is 3.30. The van der Waals surface area contributed by atoms with Gasteiger partial charge in [-0.15, -0.1) is 11.8 Å². The fourth-order valence-corrected chi connectivity index (χ4v) is 5.20. The third-order valence-corrected chi connectivity index (χ3v) is 7.18. The summed E-state index contributed by atoms with van der Waals surface area (Å²) in [5, 5.41) is 16.4. The molecule has 1 aromatic heterocycles. The van der Waals surface area contributed by atoms with Crippen molar-refractivity contribution in [1.82, 2.24) is 9.47 Å². The van der Waals surface area contributed by atoms with E-state index in [0.717, 1.165) is 48.4 Å². The zero-order chi connectivity index (χ0) is 26.3. The van der Waals surface area contributed by atoms with Gasteiger partial charge in [-0.2, -0.15) is 18.4 Å². The van der Waals surface area contributed by atoms with Crippen LogP contribution >= 0.6 is 11.8 Å². The van der Waals surface area contributed by atoms with E-state index in [2.05, 4.69) is 40.4 Å². The van der Waals surface area contributed by atoms with Crippen LogP contribution < -0.4 is 10.6 Å².